The molecule has 0 atom stereocenters. The minimum atomic E-state index is -0.972. The quantitative estimate of drug-likeness (QED) is 0.346. The van der Waals surface area contributed by atoms with Crippen molar-refractivity contribution in [2.24, 2.45) is 0 Å². The van der Waals surface area contributed by atoms with E-state index in [1.54, 1.807) is 6.08 Å². The van der Waals surface area contributed by atoms with Gasteiger partial charge < -0.3 is 14.6 Å². The summed E-state index contributed by atoms with van der Waals surface area (Å²) in [6.45, 7) is 5.63. The van der Waals surface area contributed by atoms with E-state index in [9.17, 15) is 4.79 Å². The molecule has 0 aliphatic carbocycles. The summed E-state index contributed by atoms with van der Waals surface area (Å²) in [6, 6.07) is 5.61. The highest BCUT2D eigenvalue weighted by Crippen LogP contribution is 2.33. The van der Waals surface area contributed by atoms with Crippen LogP contribution in [0.5, 0.6) is 11.5 Å². The SMILES string of the molecule is CCCCCCOc1cccc(C=CC(=O)O)c1OCCCCCC. The first-order valence-electron chi connectivity index (χ1n) is 9.48. The number of hydrogen-bond acceptors (Lipinski definition) is 3. The number of aliphatic carboxylic acids is 1. The Morgan fingerprint density at radius 3 is 2.20 bits per heavy atom. The van der Waals surface area contributed by atoms with Gasteiger partial charge in [0, 0.05) is 11.6 Å². The fourth-order valence-electron chi connectivity index (χ4n) is 2.51. The van der Waals surface area contributed by atoms with Crippen molar-refractivity contribution in [1.29, 1.82) is 0 Å². The van der Waals surface area contributed by atoms with Crippen molar-refractivity contribution in [3.8, 4) is 11.5 Å². The van der Waals surface area contributed by atoms with E-state index in [0.29, 0.717) is 24.7 Å². The third kappa shape index (κ3) is 9.18. The molecule has 4 nitrogen and oxygen atoms in total. The number of ether oxygens (including phenoxy) is 2. The molecule has 1 N–H and O–H groups in total. The third-order valence-electron chi connectivity index (χ3n) is 3.91. The molecule has 1 aromatic carbocycles. The minimum Gasteiger partial charge on any atom is -0.490 e. The van der Waals surface area contributed by atoms with E-state index in [0.717, 1.165) is 37.3 Å². The molecule has 0 fully saturated rings. The first-order chi connectivity index (χ1) is 12.2. The van der Waals surface area contributed by atoms with Gasteiger partial charge in [-0.15, -0.1) is 0 Å². The van der Waals surface area contributed by atoms with Crippen LogP contribution in [0.15, 0.2) is 24.3 Å². The van der Waals surface area contributed by atoms with E-state index in [1.807, 2.05) is 18.2 Å². The monoisotopic (exact) mass is 348 g/mol. The molecule has 0 saturated carbocycles. The Hall–Kier alpha value is -1.97. The molecule has 4 heteroatoms. The molecular weight excluding hydrogens is 316 g/mol. The molecular formula is C21H32O4. The number of benzene rings is 1. The molecule has 1 rings (SSSR count). The highest BCUT2D eigenvalue weighted by atomic mass is 16.5. The van der Waals surface area contributed by atoms with E-state index in [-0.39, 0.29) is 0 Å². The van der Waals surface area contributed by atoms with Gasteiger partial charge >= 0.3 is 5.97 Å². The molecule has 0 bridgehead atoms. The molecule has 0 amide bonds. The molecule has 1 aromatic rings. The Kier molecular flexibility index (Phi) is 11.2. The van der Waals surface area contributed by atoms with Gasteiger partial charge in [-0.25, -0.2) is 4.79 Å². The first-order valence-corrected chi connectivity index (χ1v) is 9.48. The van der Waals surface area contributed by atoms with Gasteiger partial charge in [0.15, 0.2) is 11.5 Å². The number of para-hydroxylation sites is 1. The normalized spacial score (nSPS) is 11.0. The van der Waals surface area contributed by atoms with Crippen molar-refractivity contribution < 1.29 is 19.4 Å². The van der Waals surface area contributed by atoms with Crippen LogP contribution in [0.4, 0.5) is 0 Å². The lowest BCUT2D eigenvalue weighted by Crippen LogP contribution is -2.04. The summed E-state index contributed by atoms with van der Waals surface area (Å²) >= 11 is 0. The largest absolute Gasteiger partial charge is 0.490 e. The summed E-state index contributed by atoms with van der Waals surface area (Å²) < 4.78 is 11.9. The van der Waals surface area contributed by atoms with E-state index >= 15 is 0 Å². The lowest BCUT2D eigenvalue weighted by molar-refractivity contribution is -0.131. The molecule has 0 unspecified atom stereocenters. The van der Waals surface area contributed by atoms with E-state index in [1.165, 1.54) is 25.7 Å². The van der Waals surface area contributed by atoms with Crippen molar-refractivity contribution in [2.45, 2.75) is 65.2 Å². The smallest absolute Gasteiger partial charge is 0.328 e. The van der Waals surface area contributed by atoms with Gasteiger partial charge in [-0.2, -0.15) is 0 Å². The fraction of sp³-hybridized carbons (Fsp3) is 0.571. The number of carboxylic acid groups (broad SMARTS) is 1. The van der Waals surface area contributed by atoms with Crippen molar-refractivity contribution >= 4 is 12.0 Å². The summed E-state index contributed by atoms with van der Waals surface area (Å²) in [7, 11) is 0. The second-order valence-electron chi connectivity index (χ2n) is 6.16. The lowest BCUT2D eigenvalue weighted by atomic mass is 10.1. The lowest BCUT2D eigenvalue weighted by Gasteiger charge is -2.15. The Bertz CT molecular complexity index is 523. The van der Waals surface area contributed by atoms with Crippen LogP contribution in [-0.2, 0) is 4.79 Å². The maximum Gasteiger partial charge on any atom is 0.328 e. The molecule has 0 aliphatic rings. The zero-order valence-corrected chi connectivity index (χ0v) is 15.6. The van der Waals surface area contributed by atoms with Gasteiger partial charge in [0.1, 0.15) is 0 Å². The van der Waals surface area contributed by atoms with E-state index in [2.05, 4.69) is 13.8 Å². The van der Waals surface area contributed by atoms with Crippen LogP contribution in [0.25, 0.3) is 6.08 Å². The maximum atomic E-state index is 10.8. The van der Waals surface area contributed by atoms with Crippen LogP contribution < -0.4 is 9.47 Å². The summed E-state index contributed by atoms with van der Waals surface area (Å²) in [5, 5.41) is 8.87. The van der Waals surface area contributed by atoms with E-state index < -0.39 is 5.97 Å². The maximum absolute atomic E-state index is 10.8. The number of unbranched alkanes of at least 4 members (excludes halogenated alkanes) is 6. The number of carboxylic acids is 1. The Labute approximate surface area is 151 Å². The molecule has 25 heavy (non-hydrogen) atoms. The highest BCUT2D eigenvalue weighted by Gasteiger charge is 2.10. The van der Waals surface area contributed by atoms with Gasteiger partial charge in [-0.3, -0.25) is 0 Å². The molecule has 0 radical (unpaired) electrons. The summed E-state index contributed by atoms with van der Waals surface area (Å²) in [5.74, 6) is 0.367. The number of hydrogen-bond donors (Lipinski definition) is 1. The van der Waals surface area contributed by atoms with Crippen molar-refractivity contribution in [1.82, 2.24) is 0 Å². The third-order valence-corrected chi connectivity index (χ3v) is 3.91. The van der Waals surface area contributed by atoms with Crippen molar-refractivity contribution in [2.75, 3.05) is 13.2 Å². The minimum absolute atomic E-state index is 0.615. The van der Waals surface area contributed by atoms with E-state index in [4.69, 9.17) is 14.6 Å². The molecule has 140 valence electrons. The fourth-order valence-corrected chi connectivity index (χ4v) is 2.51. The Balaban J connectivity index is 2.74. The zero-order chi connectivity index (χ0) is 18.3. The highest BCUT2D eigenvalue weighted by molar-refractivity contribution is 5.86. The van der Waals surface area contributed by atoms with Crippen molar-refractivity contribution in [3.63, 3.8) is 0 Å². The second kappa shape index (κ2) is 13.3. The van der Waals surface area contributed by atoms with Gasteiger partial charge in [0.25, 0.3) is 0 Å². The Morgan fingerprint density at radius 2 is 1.60 bits per heavy atom. The zero-order valence-electron chi connectivity index (χ0n) is 15.6. The molecule has 0 saturated heterocycles. The van der Waals surface area contributed by atoms with Crippen LogP contribution in [0.1, 0.15) is 70.8 Å². The van der Waals surface area contributed by atoms with Gasteiger partial charge in [0.05, 0.1) is 13.2 Å². The summed E-state index contributed by atoms with van der Waals surface area (Å²) in [5.41, 5.74) is 0.740. The average Bonchev–Trinajstić information content (AvgIpc) is 2.60. The second-order valence-corrected chi connectivity index (χ2v) is 6.16. The van der Waals surface area contributed by atoms with Crippen LogP contribution in [0.2, 0.25) is 0 Å². The molecule has 0 heterocycles. The average molecular weight is 348 g/mol. The number of rotatable bonds is 14. The van der Waals surface area contributed by atoms with Crippen LogP contribution >= 0.6 is 0 Å². The van der Waals surface area contributed by atoms with Gasteiger partial charge in [-0.1, -0.05) is 64.5 Å². The predicted molar refractivity (Wildman–Crippen MR) is 102 cm³/mol. The summed E-state index contributed by atoms with van der Waals surface area (Å²) in [4.78, 5) is 10.8. The standard InChI is InChI=1S/C21H32O4/c1-3-5-7-9-16-24-19-13-11-12-18(14-15-20(22)23)21(19)25-17-10-8-6-4-2/h11-15H,3-10,16-17H2,1-2H3,(H,22,23). The predicted octanol–water partition coefficient (Wildman–Crippen LogP) is 5.70. The first kappa shape index (κ1) is 21.1. The van der Waals surface area contributed by atoms with Crippen LogP contribution in [-0.4, -0.2) is 24.3 Å². The van der Waals surface area contributed by atoms with Gasteiger partial charge in [0.2, 0.25) is 0 Å². The van der Waals surface area contributed by atoms with Crippen LogP contribution in [0.3, 0.4) is 0 Å². The Morgan fingerprint density at radius 1 is 0.960 bits per heavy atom. The van der Waals surface area contributed by atoms with Gasteiger partial charge in [-0.05, 0) is 25.0 Å². The molecule has 0 aliphatic heterocycles. The molecule has 0 aromatic heterocycles. The number of carbonyl (C=O) groups is 1. The molecule has 0 spiro atoms. The summed E-state index contributed by atoms with van der Waals surface area (Å²) in [6.07, 6.45) is 11.8. The van der Waals surface area contributed by atoms with Crippen LogP contribution in [0, 0.1) is 0 Å². The topological polar surface area (TPSA) is 55.8 Å². The van der Waals surface area contributed by atoms with Crippen molar-refractivity contribution in [3.05, 3.63) is 29.8 Å².